The van der Waals surface area contributed by atoms with Crippen LogP contribution in [-0.2, 0) is 0 Å². The van der Waals surface area contributed by atoms with Crippen molar-refractivity contribution < 1.29 is 4.79 Å². The highest BCUT2D eigenvalue weighted by atomic mass is 35.5. The average molecular weight is 304 g/mol. The number of halogens is 1. The summed E-state index contributed by atoms with van der Waals surface area (Å²) in [4.78, 5) is 16.4. The third-order valence-electron chi connectivity index (χ3n) is 3.13. The minimum absolute atomic E-state index is 0.133. The molecule has 1 heterocycles. The molecule has 1 atom stereocenters. The fourth-order valence-corrected chi connectivity index (χ4v) is 2.25. The number of anilines is 1. The van der Waals surface area contributed by atoms with E-state index in [1.165, 1.54) is 0 Å². The van der Waals surface area contributed by atoms with Gasteiger partial charge in [-0.25, -0.2) is 0 Å². The molecule has 0 bridgehead atoms. The molecule has 0 aliphatic rings. The summed E-state index contributed by atoms with van der Waals surface area (Å²) < 4.78 is 0. The van der Waals surface area contributed by atoms with Gasteiger partial charge < -0.3 is 10.6 Å². The second kappa shape index (κ2) is 7.09. The van der Waals surface area contributed by atoms with Crippen LogP contribution in [0.2, 0.25) is 5.02 Å². The molecule has 1 aromatic carbocycles. The Morgan fingerprint density at radius 2 is 2.19 bits per heavy atom. The Hall–Kier alpha value is -2.07. The highest BCUT2D eigenvalue weighted by molar-refractivity contribution is 6.30. The summed E-state index contributed by atoms with van der Waals surface area (Å²) in [5.74, 6) is -0.161. The Balaban J connectivity index is 2.14. The lowest BCUT2D eigenvalue weighted by Gasteiger charge is -2.16. The van der Waals surface area contributed by atoms with Gasteiger partial charge in [0.05, 0.1) is 17.3 Å². The largest absolute Gasteiger partial charge is 0.385 e. The molecule has 1 aromatic heterocycles. The lowest BCUT2D eigenvalue weighted by molar-refractivity contribution is 0.0940. The number of hydrogen-bond donors (Lipinski definition) is 2. The number of carbonyl (C=O) groups is 1. The highest BCUT2D eigenvalue weighted by Crippen LogP contribution is 2.19. The number of hydrogen-bond acceptors (Lipinski definition) is 3. The van der Waals surface area contributed by atoms with Crippen LogP contribution in [0, 0.1) is 0 Å². The minimum Gasteiger partial charge on any atom is -0.385 e. The average Bonchev–Trinajstić information content (AvgIpc) is 2.48. The molecular formula is C16H18ClN3O. The first-order valence-electron chi connectivity index (χ1n) is 6.86. The van der Waals surface area contributed by atoms with Crippen LogP contribution in [0.15, 0.2) is 42.7 Å². The molecule has 0 aliphatic carbocycles. The summed E-state index contributed by atoms with van der Waals surface area (Å²) in [6, 6.07) is 9.12. The topological polar surface area (TPSA) is 54.0 Å². The predicted molar refractivity (Wildman–Crippen MR) is 85.7 cm³/mol. The Morgan fingerprint density at radius 1 is 1.38 bits per heavy atom. The maximum Gasteiger partial charge on any atom is 0.255 e. The van der Waals surface area contributed by atoms with Gasteiger partial charge in [-0.1, -0.05) is 23.7 Å². The Morgan fingerprint density at radius 3 is 2.90 bits per heavy atom. The van der Waals surface area contributed by atoms with E-state index >= 15 is 0 Å². The van der Waals surface area contributed by atoms with Crippen molar-refractivity contribution in [3.63, 3.8) is 0 Å². The lowest BCUT2D eigenvalue weighted by Crippen LogP contribution is -2.27. The number of pyridine rings is 1. The quantitative estimate of drug-likeness (QED) is 0.886. The van der Waals surface area contributed by atoms with E-state index in [2.05, 4.69) is 15.6 Å². The summed E-state index contributed by atoms with van der Waals surface area (Å²) in [6.45, 7) is 4.65. The molecule has 5 heteroatoms. The van der Waals surface area contributed by atoms with E-state index in [4.69, 9.17) is 11.6 Å². The third-order valence-corrected chi connectivity index (χ3v) is 3.36. The van der Waals surface area contributed by atoms with Gasteiger partial charge in [-0.15, -0.1) is 0 Å². The number of nitrogens with one attached hydrogen (secondary N) is 2. The van der Waals surface area contributed by atoms with Gasteiger partial charge in [-0.2, -0.15) is 0 Å². The van der Waals surface area contributed by atoms with Crippen LogP contribution in [0.5, 0.6) is 0 Å². The number of rotatable bonds is 5. The van der Waals surface area contributed by atoms with Gasteiger partial charge in [0.15, 0.2) is 0 Å². The molecule has 110 valence electrons. The summed E-state index contributed by atoms with van der Waals surface area (Å²) in [7, 11) is 0. The van der Waals surface area contributed by atoms with Crippen LogP contribution in [0.4, 0.5) is 5.69 Å². The number of nitrogens with zero attached hydrogens (tertiary/aromatic N) is 1. The van der Waals surface area contributed by atoms with Crippen LogP contribution < -0.4 is 10.6 Å². The van der Waals surface area contributed by atoms with Crippen molar-refractivity contribution >= 4 is 23.2 Å². The van der Waals surface area contributed by atoms with E-state index in [1.807, 2.05) is 38.1 Å². The summed E-state index contributed by atoms with van der Waals surface area (Å²) >= 11 is 5.98. The molecular weight excluding hydrogens is 286 g/mol. The van der Waals surface area contributed by atoms with E-state index in [-0.39, 0.29) is 11.9 Å². The van der Waals surface area contributed by atoms with Gasteiger partial charge in [0.25, 0.3) is 5.91 Å². The molecule has 0 saturated carbocycles. The van der Waals surface area contributed by atoms with Crippen LogP contribution >= 0.6 is 11.6 Å². The van der Waals surface area contributed by atoms with E-state index < -0.39 is 0 Å². The van der Waals surface area contributed by atoms with Gasteiger partial charge in [-0.3, -0.25) is 9.78 Å². The Labute approximate surface area is 129 Å². The van der Waals surface area contributed by atoms with Crippen LogP contribution in [0.1, 0.15) is 35.8 Å². The zero-order chi connectivity index (χ0) is 15.2. The molecule has 2 rings (SSSR count). The van der Waals surface area contributed by atoms with Crippen molar-refractivity contribution in [1.82, 2.24) is 10.3 Å². The predicted octanol–water partition coefficient (Wildman–Crippen LogP) is 3.66. The van der Waals surface area contributed by atoms with E-state index in [0.29, 0.717) is 10.6 Å². The first-order chi connectivity index (χ1) is 10.1. The number of amides is 1. The standard InChI is InChI=1S/C16H18ClN3O/c1-3-19-15-7-8-18-10-14(15)16(21)20-11(2)12-5-4-6-13(17)9-12/h4-11H,3H2,1-2H3,(H,18,19)(H,20,21). The lowest BCUT2D eigenvalue weighted by atomic mass is 10.1. The van der Waals surface area contributed by atoms with Crippen molar-refractivity contribution in [3.05, 3.63) is 58.9 Å². The maximum absolute atomic E-state index is 12.4. The number of benzene rings is 1. The molecule has 21 heavy (non-hydrogen) atoms. The Kier molecular flexibility index (Phi) is 5.17. The molecule has 0 fully saturated rings. The summed E-state index contributed by atoms with van der Waals surface area (Å²) in [5.41, 5.74) is 2.28. The van der Waals surface area contributed by atoms with Crippen LogP contribution in [0.3, 0.4) is 0 Å². The smallest absolute Gasteiger partial charge is 0.255 e. The van der Waals surface area contributed by atoms with Gasteiger partial charge in [0, 0.05) is 24.0 Å². The van der Waals surface area contributed by atoms with Crippen molar-refractivity contribution in [2.24, 2.45) is 0 Å². The van der Waals surface area contributed by atoms with Crippen molar-refractivity contribution in [3.8, 4) is 0 Å². The fourth-order valence-electron chi connectivity index (χ4n) is 2.05. The fraction of sp³-hybridized carbons (Fsp3) is 0.250. The zero-order valence-corrected chi connectivity index (χ0v) is 12.8. The monoisotopic (exact) mass is 303 g/mol. The second-order valence-electron chi connectivity index (χ2n) is 4.70. The highest BCUT2D eigenvalue weighted by Gasteiger charge is 2.15. The van der Waals surface area contributed by atoms with E-state index in [1.54, 1.807) is 18.5 Å². The molecule has 1 unspecified atom stereocenters. The molecule has 0 radical (unpaired) electrons. The molecule has 2 aromatic rings. The van der Waals surface area contributed by atoms with Gasteiger partial charge >= 0.3 is 0 Å². The zero-order valence-electron chi connectivity index (χ0n) is 12.1. The molecule has 2 N–H and O–H groups in total. The molecule has 4 nitrogen and oxygen atoms in total. The van der Waals surface area contributed by atoms with Gasteiger partial charge in [0.2, 0.25) is 0 Å². The van der Waals surface area contributed by atoms with Crippen molar-refractivity contribution in [2.45, 2.75) is 19.9 Å². The van der Waals surface area contributed by atoms with E-state index in [9.17, 15) is 4.79 Å². The normalized spacial score (nSPS) is 11.8. The molecule has 0 saturated heterocycles. The summed E-state index contributed by atoms with van der Waals surface area (Å²) in [6.07, 6.45) is 3.23. The molecule has 1 amide bonds. The first kappa shape index (κ1) is 15.3. The second-order valence-corrected chi connectivity index (χ2v) is 5.14. The van der Waals surface area contributed by atoms with Crippen molar-refractivity contribution in [2.75, 3.05) is 11.9 Å². The Bertz CT molecular complexity index is 630. The van der Waals surface area contributed by atoms with Gasteiger partial charge in [-0.05, 0) is 37.6 Å². The minimum atomic E-state index is -0.161. The van der Waals surface area contributed by atoms with Crippen LogP contribution in [0.25, 0.3) is 0 Å². The SMILES string of the molecule is CCNc1ccncc1C(=O)NC(C)c1cccc(Cl)c1. The first-order valence-corrected chi connectivity index (χ1v) is 7.23. The number of aromatic nitrogens is 1. The van der Waals surface area contributed by atoms with Gasteiger partial charge in [0.1, 0.15) is 0 Å². The van der Waals surface area contributed by atoms with Crippen molar-refractivity contribution in [1.29, 1.82) is 0 Å². The summed E-state index contributed by atoms with van der Waals surface area (Å²) in [5, 5.41) is 6.77. The molecule has 0 spiro atoms. The third kappa shape index (κ3) is 3.95. The number of carbonyl (C=O) groups excluding carboxylic acids is 1. The van der Waals surface area contributed by atoms with E-state index in [0.717, 1.165) is 17.8 Å². The maximum atomic E-state index is 12.4. The molecule has 0 aliphatic heterocycles. The van der Waals surface area contributed by atoms with Crippen LogP contribution in [-0.4, -0.2) is 17.4 Å².